The van der Waals surface area contributed by atoms with Crippen LogP contribution in [0.4, 0.5) is 5.69 Å². The lowest BCUT2D eigenvalue weighted by Crippen LogP contribution is -2.52. The quantitative estimate of drug-likeness (QED) is 0.765. The zero-order valence-corrected chi connectivity index (χ0v) is 11.0. The number of amides is 2. The number of nitrogens with two attached hydrogens (primary N) is 1. The van der Waals surface area contributed by atoms with Crippen molar-refractivity contribution in [2.75, 3.05) is 4.90 Å². The number of hydrogen-bond donors (Lipinski definition) is 1. The van der Waals surface area contributed by atoms with E-state index in [1.165, 1.54) is 4.90 Å². The van der Waals surface area contributed by atoms with Crippen LogP contribution in [0.2, 0.25) is 0 Å². The van der Waals surface area contributed by atoms with E-state index in [0.717, 1.165) is 16.7 Å². The van der Waals surface area contributed by atoms with Gasteiger partial charge in [0.1, 0.15) is 0 Å². The summed E-state index contributed by atoms with van der Waals surface area (Å²) < 4.78 is 0. The topological polar surface area (TPSA) is 63.4 Å². The number of aryl methyl sites for hydroxylation is 3. The van der Waals surface area contributed by atoms with Crippen LogP contribution in [0.15, 0.2) is 12.1 Å². The second-order valence-electron chi connectivity index (χ2n) is 4.96. The zero-order valence-electron chi connectivity index (χ0n) is 11.0. The molecule has 4 nitrogen and oxygen atoms in total. The van der Waals surface area contributed by atoms with Crippen LogP contribution in [0.3, 0.4) is 0 Å². The molecule has 4 heteroatoms. The molecule has 0 aromatic heterocycles. The average molecular weight is 246 g/mol. The Balaban J connectivity index is 2.53. The number of carbonyl (C=O) groups excluding carboxylic acids is 2. The zero-order chi connectivity index (χ0) is 13.4. The summed E-state index contributed by atoms with van der Waals surface area (Å²) in [4.78, 5) is 25.4. The van der Waals surface area contributed by atoms with Gasteiger partial charge in [0.15, 0.2) is 0 Å². The fraction of sp³-hybridized carbons (Fsp3) is 0.429. The average Bonchev–Trinajstić information content (AvgIpc) is 2.27. The normalized spacial score (nSPS) is 20.4. The van der Waals surface area contributed by atoms with Crippen molar-refractivity contribution >= 4 is 17.5 Å². The number of piperidine rings is 1. The van der Waals surface area contributed by atoms with Crippen LogP contribution in [0.25, 0.3) is 0 Å². The number of anilines is 1. The molecule has 1 aliphatic heterocycles. The molecule has 1 heterocycles. The Morgan fingerprint density at radius 2 is 1.72 bits per heavy atom. The van der Waals surface area contributed by atoms with Crippen molar-refractivity contribution in [1.29, 1.82) is 0 Å². The summed E-state index contributed by atoms with van der Waals surface area (Å²) in [5.41, 5.74) is 9.44. The van der Waals surface area contributed by atoms with Gasteiger partial charge in [-0.25, -0.2) is 4.90 Å². The van der Waals surface area contributed by atoms with E-state index in [1.54, 1.807) is 0 Å². The molecule has 96 valence electrons. The van der Waals surface area contributed by atoms with Crippen molar-refractivity contribution in [2.45, 2.75) is 39.7 Å². The van der Waals surface area contributed by atoms with Gasteiger partial charge in [-0.1, -0.05) is 17.7 Å². The smallest absolute Gasteiger partial charge is 0.250 e. The molecule has 2 rings (SSSR count). The Labute approximate surface area is 107 Å². The van der Waals surface area contributed by atoms with Gasteiger partial charge in [-0.3, -0.25) is 9.59 Å². The maximum absolute atomic E-state index is 12.1. The van der Waals surface area contributed by atoms with Gasteiger partial charge in [0.05, 0.1) is 11.7 Å². The Hall–Kier alpha value is -1.68. The Bertz CT molecular complexity index is 500. The molecule has 2 N–H and O–H groups in total. The molecular formula is C14H18N2O2. The second kappa shape index (κ2) is 4.53. The van der Waals surface area contributed by atoms with Crippen molar-refractivity contribution in [3.63, 3.8) is 0 Å². The minimum absolute atomic E-state index is 0.156. The molecule has 1 aromatic carbocycles. The van der Waals surface area contributed by atoms with E-state index >= 15 is 0 Å². The van der Waals surface area contributed by atoms with Gasteiger partial charge >= 0.3 is 0 Å². The summed E-state index contributed by atoms with van der Waals surface area (Å²) in [7, 11) is 0. The minimum atomic E-state index is -0.567. The maximum atomic E-state index is 12.1. The highest BCUT2D eigenvalue weighted by molar-refractivity contribution is 6.19. The molecule has 1 saturated heterocycles. The minimum Gasteiger partial charge on any atom is -0.320 e. The predicted molar refractivity (Wildman–Crippen MR) is 70.4 cm³/mol. The SMILES string of the molecule is Cc1cc(C)c(N2C(=O)CCC(N)C2=O)c(C)c1. The summed E-state index contributed by atoms with van der Waals surface area (Å²) in [5.74, 6) is -0.446. The monoisotopic (exact) mass is 246 g/mol. The third-order valence-corrected chi connectivity index (χ3v) is 3.32. The van der Waals surface area contributed by atoms with E-state index in [9.17, 15) is 9.59 Å². The fourth-order valence-corrected chi connectivity index (χ4v) is 2.56. The molecule has 2 amide bonds. The summed E-state index contributed by atoms with van der Waals surface area (Å²) >= 11 is 0. The number of carbonyl (C=O) groups is 2. The maximum Gasteiger partial charge on any atom is 0.250 e. The Morgan fingerprint density at radius 1 is 1.17 bits per heavy atom. The largest absolute Gasteiger partial charge is 0.320 e. The van der Waals surface area contributed by atoms with Gasteiger partial charge in [-0.2, -0.15) is 0 Å². The molecule has 0 spiro atoms. The molecule has 0 aliphatic carbocycles. The van der Waals surface area contributed by atoms with Crippen LogP contribution < -0.4 is 10.6 Å². The highest BCUT2D eigenvalue weighted by atomic mass is 16.2. The molecule has 0 radical (unpaired) electrons. The van der Waals surface area contributed by atoms with Crippen LogP contribution >= 0.6 is 0 Å². The van der Waals surface area contributed by atoms with Crippen molar-refractivity contribution in [1.82, 2.24) is 0 Å². The molecule has 1 unspecified atom stereocenters. The van der Waals surface area contributed by atoms with Gasteiger partial charge in [0.2, 0.25) is 5.91 Å². The molecule has 1 atom stereocenters. The highest BCUT2D eigenvalue weighted by Crippen LogP contribution is 2.29. The molecule has 0 saturated carbocycles. The number of benzene rings is 1. The molecule has 18 heavy (non-hydrogen) atoms. The lowest BCUT2D eigenvalue weighted by molar-refractivity contribution is -0.130. The van der Waals surface area contributed by atoms with E-state index in [1.807, 2.05) is 32.9 Å². The predicted octanol–water partition coefficient (Wildman–Crippen LogP) is 1.59. The molecule has 1 aromatic rings. The van der Waals surface area contributed by atoms with E-state index in [4.69, 9.17) is 5.73 Å². The van der Waals surface area contributed by atoms with Crippen LogP contribution in [0, 0.1) is 20.8 Å². The fourth-order valence-electron chi connectivity index (χ4n) is 2.56. The van der Waals surface area contributed by atoms with Crippen molar-refractivity contribution in [2.24, 2.45) is 5.73 Å². The summed E-state index contributed by atoms with van der Waals surface area (Å²) in [5, 5.41) is 0. The van der Waals surface area contributed by atoms with Crippen molar-refractivity contribution in [3.8, 4) is 0 Å². The van der Waals surface area contributed by atoms with Gasteiger partial charge in [-0.15, -0.1) is 0 Å². The van der Waals surface area contributed by atoms with E-state index in [-0.39, 0.29) is 11.8 Å². The molecular weight excluding hydrogens is 228 g/mol. The highest BCUT2D eigenvalue weighted by Gasteiger charge is 2.34. The summed E-state index contributed by atoms with van der Waals surface area (Å²) in [6.07, 6.45) is 0.776. The standard InChI is InChI=1S/C14H18N2O2/c1-8-6-9(2)13(10(3)7-8)16-12(17)5-4-11(15)14(16)18/h6-7,11H,4-5,15H2,1-3H3. The summed E-state index contributed by atoms with van der Waals surface area (Å²) in [6, 6.07) is 3.38. The third-order valence-electron chi connectivity index (χ3n) is 3.32. The van der Waals surface area contributed by atoms with Crippen molar-refractivity contribution < 1.29 is 9.59 Å². The third kappa shape index (κ3) is 2.04. The van der Waals surface area contributed by atoms with Gasteiger partial charge in [0.25, 0.3) is 5.91 Å². The second-order valence-corrected chi connectivity index (χ2v) is 4.96. The Kier molecular flexibility index (Phi) is 3.22. The van der Waals surface area contributed by atoms with Gasteiger partial charge in [-0.05, 0) is 38.3 Å². The lowest BCUT2D eigenvalue weighted by Gasteiger charge is -2.31. The number of nitrogens with zero attached hydrogens (tertiary/aromatic N) is 1. The van der Waals surface area contributed by atoms with Crippen LogP contribution in [-0.2, 0) is 9.59 Å². The first-order valence-corrected chi connectivity index (χ1v) is 6.12. The van der Waals surface area contributed by atoms with E-state index < -0.39 is 6.04 Å². The van der Waals surface area contributed by atoms with Gasteiger partial charge < -0.3 is 5.73 Å². The summed E-state index contributed by atoms with van der Waals surface area (Å²) in [6.45, 7) is 5.82. The first-order chi connectivity index (χ1) is 8.41. The first-order valence-electron chi connectivity index (χ1n) is 6.12. The van der Waals surface area contributed by atoms with E-state index in [2.05, 4.69) is 0 Å². The van der Waals surface area contributed by atoms with Crippen LogP contribution in [0.5, 0.6) is 0 Å². The van der Waals surface area contributed by atoms with Gasteiger partial charge in [0, 0.05) is 6.42 Å². The van der Waals surface area contributed by atoms with Crippen molar-refractivity contribution in [3.05, 3.63) is 28.8 Å². The van der Waals surface area contributed by atoms with E-state index in [0.29, 0.717) is 18.5 Å². The Morgan fingerprint density at radius 3 is 2.28 bits per heavy atom. The lowest BCUT2D eigenvalue weighted by atomic mass is 9.99. The number of hydrogen-bond acceptors (Lipinski definition) is 3. The van der Waals surface area contributed by atoms with Crippen LogP contribution in [0.1, 0.15) is 29.5 Å². The molecule has 1 fully saturated rings. The van der Waals surface area contributed by atoms with Crippen LogP contribution in [-0.4, -0.2) is 17.9 Å². The molecule has 1 aliphatic rings. The number of rotatable bonds is 1. The first kappa shape index (κ1) is 12.8. The molecule has 0 bridgehead atoms. The number of imide groups is 1.